The van der Waals surface area contributed by atoms with Gasteiger partial charge in [0.25, 0.3) is 0 Å². The van der Waals surface area contributed by atoms with E-state index in [-0.39, 0.29) is 30.0 Å². The van der Waals surface area contributed by atoms with Gasteiger partial charge < -0.3 is 0 Å². The molecule has 266 valence electrons. The fourth-order valence-electron chi connectivity index (χ4n) is 5.01. The Bertz CT molecular complexity index is 1310. The molecule has 0 aliphatic carbocycles. The molecule has 1 N–H and O–H groups in total. The number of hydrogen-bond donors (Lipinski definition) is 1. The second-order valence-electron chi connectivity index (χ2n) is 12.2. The normalized spacial score (nSPS) is 16.4. The first-order valence-corrected chi connectivity index (χ1v) is 17.0. The first kappa shape index (κ1) is 42.3. The van der Waals surface area contributed by atoms with Crippen LogP contribution in [-0.2, 0) is 15.6 Å². The maximum atomic E-state index is 14.2. The quantitative estimate of drug-likeness (QED) is 0.0655. The van der Waals surface area contributed by atoms with Crippen LogP contribution in [0.5, 0.6) is 5.75 Å². The number of ether oxygens (including phenoxy) is 2. The Labute approximate surface area is 286 Å². The molecule has 1 fully saturated rings. The van der Waals surface area contributed by atoms with E-state index >= 15 is 0 Å². The largest absolute Gasteiger partial charge is 0.0683 e. The summed E-state index contributed by atoms with van der Waals surface area (Å²) in [5.74, 6) is -0.266. The first-order valence-electron chi connectivity index (χ1n) is 17.0. The Morgan fingerprint density at radius 1 is 1.21 bits per heavy atom. The van der Waals surface area contributed by atoms with Gasteiger partial charge in [0.15, 0.2) is 0 Å². The molecule has 8 nitrogen and oxygen atoms in total. The average molecular weight is 675 g/mol. The summed E-state index contributed by atoms with van der Waals surface area (Å²) in [6, 6.07) is 3.72. The third kappa shape index (κ3) is 14.2. The second kappa shape index (κ2) is 21.3. The van der Waals surface area contributed by atoms with Crippen molar-refractivity contribution in [3.63, 3.8) is 0 Å². The monoisotopic (exact) mass is 674 g/mol. The molecule has 1 aromatic rings. The van der Waals surface area contributed by atoms with Gasteiger partial charge in [0.05, 0.1) is 0 Å². The smallest absolute Gasteiger partial charge is 0.0683 e. The number of aliphatic imine (C=N–C) groups is 1. The number of allylic oxidation sites excluding steroid dienone is 2. The van der Waals surface area contributed by atoms with Gasteiger partial charge in [0.1, 0.15) is 0 Å². The predicted molar refractivity (Wildman–Crippen MR) is 189 cm³/mol. The number of nitrogens with one attached hydrogen (secondary N) is 1. The Morgan fingerprint density at radius 2 is 1.90 bits per heavy atom. The minimum Gasteiger partial charge on any atom is -0.0683 e. The molecule has 1 aliphatic heterocycles. The van der Waals surface area contributed by atoms with Crippen LogP contribution in [0.1, 0.15) is 118 Å². The number of amides is 1. The van der Waals surface area contributed by atoms with Crippen molar-refractivity contribution < 1.29 is 32.1 Å². The van der Waals surface area contributed by atoms with Gasteiger partial charge in [-0.1, -0.05) is 45.8 Å². The SMILES string of the molecule is C/C=C(\N=C(C(C)CC)C1CCCN1C(=BOC#N)NC(=O)OC(C)(C)C)c1ccc(OCC/C=C\CCCC)c(C(F)(F)F)c1.CC. The molecule has 1 aliphatic rings. The molecule has 0 aromatic heterocycles. The van der Waals surface area contributed by atoms with Gasteiger partial charge in [-0.3, -0.25) is 0 Å². The number of nitrogens with zero attached hydrogens (tertiary/aromatic N) is 3. The van der Waals surface area contributed by atoms with E-state index in [0.717, 1.165) is 51.0 Å². The Kier molecular flexibility index (Phi) is 18.7. The molecule has 1 saturated heterocycles. The van der Waals surface area contributed by atoms with Gasteiger partial charge >= 0.3 is 228 Å². The van der Waals surface area contributed by atoms with E-state index in [1.54, 1.807) is 46.1 Å². The van der Waals surface area contributed by atoms with E-state index in [0.29, 0.717) is 30.6 Å². The maximum absolute atomic E-state index is 14.2. The van der Waals surface area contributed by atoms with Gasteiger partial charge in [0, 0.05) is 0 Å². The van der Waals surface area contributed by atoms with Crippen LogP contribution < -0.4 is 10.1 Å². The zero-order chi connectivity index (χ0) is 36.3. The second-order valence-corrected chi connectivity index (χ2v) is 12.2. The van der Waals surface area contributed by atoms with Crippen molar-refractivity contribution in [1.82, 2.24) is 10.2 Å². The van der Waals surface area contributed by atoms with Gasteiger partial charge in [0.2, 0.25) is 0 Å². The van der Waals surface area contributed by atoms with Crippen LogP contribution in [-0.4, -0.2) is 54.3 Å². The van der Waals surface area contributed by atoms with Crippen molar-refractivity contribution in [1.29, 1.82) is 5.26 Å². The van der Waals surface area contributed by atoms with Crippen LogP contribution in [0, 0.1) is 17.4 Å². The maximum Gasteiger partial charge on any atom is -0.0683 e. The van der Waals surface area contributed by atoms with E-state index in [1.165, 1.54) is 6.07 Å². The van der Waals surface area contributed by atoms with Crippen molar-refractivity contribution in [2.75, 3.05) is 13.2 Å². The molecule has 1 aromatic carbocycles. The van der Waals surface area contributed by atoms with Crippen LogP contribution in [0.15, 0.2) is 41.4 Å². The molecule has 48 heavy (non-hydrogen) atoms. The number of halogens is 3. The Balaban J connectivity index is 0.00000565. The Morgan fingerprint density at radius 3 is 2.48 bits per heavy atom. The molecule has 1 amide bonds. The fourth-order valence-corrected chi connectivity index (χ4v) is 5.01. The third-order valence-electron chi connectivity index (χ3n) is 7.41. The minimum atomic E-state index is -4.62. The number of carbonyl (C=O) groups is 1. The Hall–Kier alpha value is -3.75. The van der Waals surface area contributed by atoms with Crippen molar-refractivity contribution in [2.45, 2.75) is 125 Å². The van der Waals surface area contributed by atoms with E-state index in [1.807, 2.05) is 44.7 Å². The molecule has 0 radical (unpaired) electrons. The van der Waals surface area contributed by atoms with E-state index in [4.69, 9.17) is 24.4 Å². The topological polar surface area (TPSA) is 96.2 Å². The van der Waals surface area contributed by atoms with Crippen LogP contribution in [0.3, 0.4) is 0 Å². The van der Waals surface area contributed by atoms with Gasteiger partial charge in [-0.25, -0.2) is 0 Å². The first-order chi connectivity index (χ1) is 22.7. The predicted octanol–water partition coefficient (Wildman–Crippen LogP) is 9.29. The van der Waals surface area contributed by atoms with Crippen molar-refractivity contribution in [3.05, 3.63) is 47.6 Å². The fraction of sp³-hybridized carbons (Fsp3) is 0.611. The summed E-state index contributed by atoms with van der Waals surface area (Å²) in [5, 5.41) is 11.7. The summed E-state index contributed by atoms with van der Waals surface area (Å²) < 4.78 is 58.5. The molecule has 2 unspecified atom stereocenters. The molecule has 0 bridgehead atoms. The molecule has 1 heterocycles. The van der Waals surface area contributed by atoms with Gasteiger partial charge in [-0.05, 0) is 12.8 Å². The summed E-state index contributed by atoms with van der Waals surface area (Å²) in [7, 11) is 1.16. The number of unbranched alkanes of at least 4 members (excludes halogenated alkanes) is 2. The summed E-state index contributed by atoms with van der Waals surface area (Å²) >= 11 is 0. The minimum absolute atomic E-state index is 0.0460. The van der Waals surface area contributed by atoms with Crippen LogP contribution >= 0.6 is 0 Å². The molecule has 2 rings (SSSR count). The summed E-state index contributed by atoms with van der Waals surface area (Å²) in [5.41, 5.74) is 0.0612. The zero-order valence-electron chi connectivity index (χ0n) is 30.2. The number of benzene rings is 1. The number of carbonyl (C=O) groups excluding carboxylic acids is 1. The molecule has 0 saturated carbocycles. The molecule has 12 heteroatoms. The zero-order valence-corrected chi connectivity index (χ0v) is 30.2. The number of hydrogen-bond acceptors (Lipinski definition) is 7. The number of alkyl halides is 3. The van der Waals surface area contributed by atoms with Crippen molar-refractivity contribution in [2.24, 2.45) is 10.9 Å². The van der Waals surface area contributed by atoms with E-state index in [9.17, 15) is 18.0 Å². The number of nitriles is 1. The summed E-state index contributed by atoms with van der Waals surface area (Å²) in [4.78, 5) is 19.5. The summed E-state index contributed by atoms with van der Waals surface area (Å²) in [6.07, 6.45) is 7.66. The third-order valence-corrected chi connectivity index (χ3v) is 7.41. The van der Waals surface area contributed by atoms with E-state index < -0.39 is 23.4 Å². The van der Waals surface area contributed by atoms with E-state index in [2.05, 4.69) is 12.2 Å². The molecule has 0 spiro atoms. The molecule has 2 atom stereocenters. The van der Waals surface area contributed by atoms with Crippen molar-refractivity contribution in [3.8, 4) is 12.0 Å². The van der Waals surface area contributed by atoms with Crippen LogP contribution in [0.4, 0.5) is 18.0 Å². The summed E-state index contributed by atoms with van der Waals surface area (Å²) in [6.45, 7) is 17.7. The van der Waals surface area contributed by atoms with Gasteiger partial charge in [-0.15, -0.1) is 0 Å². The van der Waals surface area contributed by atoms with Crippen LogP contribution in [0.2, 0.25) is 0 Å². The van der Waals surface area contributed by atoms with Crippen molar-refractivity contribution >= 4 is 30.3 Å². The molecular weight excluding hydrogens is 620 g/mol. The van der Waals surface area contributed by atoms with Crippen LogP contribution in [0.25, 0.3) is 5.70 Å². The van der Waals surface area contributed by atoms with Gasteiger partial charge in [-0.2, -0.15) is 0 Å². The average Bonchev–Trinajstić information content (AvgIpc) is 3.52. The number of alkyl carbamates (subject to hydrolysis) is 1. The number of likely N-dealkylation sites (tertiary alicyclic amines) is 1. The standard InChI is InChI=1S/C34H48BF3N4O4.C2H6/c1-8-11-12-13-14-15-21-44-29-19-18-25(22-26(29)34(36,37)38)27(10-3)40-30(24(4)9-2)28-17-16-20-42(28)31(35-45-23-39)41-32(43)46-33(5,6)7;1-2/h10,13-14,18-19,22,24,28H,8-9,11-12,15-17,20-21H2,1-7H3,(H,41,43);1-2H3/b14-13-,27-10-,40-30?;. The number of rotatable bonds is 15. The molecular formula is C36H54BF3N4O4.